The van der Waals surface area contributed by atoms with Crippen LogP contribution in [0.25, 0.3) is 10.8 Å². The van der Waals surface area contributed by atoms with Crippen molar-refractivity contribution in [3.63, 3.8) is 0 Å². The summed E-state index contributed by atoms with van der Waals surface area (Å²) >= 11 is 0. The highest BCUT2D eigenvalue weighted by Crippen LogP contribution is 2.30. The molecule has 1 aliphatic rings. The molecule has 0 saturated carbocycles. The van der Waals surface area contributed by atoms with Crippen LogP contribution < -0.4 is 9.47 Å². The molecule has 4 rings (SSSR count). The summed E-state index contributed by atoms with van der Waals surface area (Å²) in [6.07, 6.45) is -0.203. The zero-order valence-electron chi connectivity index (χ0n) is 16.4. The second-order valence-electron chi connectivity index (χ2n) is 6.97. The lowest BCUT2D eigenvalue weighted by atomic mass is 10.0. The van der Waals surface area contributed by atoms with E-state index in [0.29, 0.717) is 31.0 Å². The molecule has 0 spiro atoms. The Morgan fingerprint density at radius 3 is 2.59 bits per heavy atom. The van der Waals surface area contributed by atoms with Crippen molar-refractivity contribution in [2.75, 3.05) is 33.9 Å². The smallest absolute Gasteiger partial charge is 0.254 e. The number of fused-ring (bicyclic) bond motifs is 1. The van der Waals surface area contributed by atoms with E-state index in [2.05, 4.69) is 6.07 Å². The maximum atomic E-state index is 12.9. The largest absolute Gasteiger partial charge is 0.504 e. The van der Waals surface area contributed by atoms with Crippen LogP contribution in [-0.4, -0.2) is 49.8 Å². The molecule has 0 aromatic heterocycles. The number of rotatable bonds is 4. The molecule has 6 heteroatoms. The van der Waals surface area contributed by atoms with Crippen molar-refractivity contribution in [2.45, 2.75) is 6.10 Å². The Balaban J connectivity index is 1.54. The van der Waals surface area contributed by atoms with E-state index in [9.17, 15) is 9.90 Å². The first kappa shape index (κ1) is 19.1. The van der Waals surface area contributed by atoms with E-state index in [-0.39, 0.29) is 17.8 Å². The predicted octanol–water partition coefficient (Wildman–Crippen LogP) is 3.78. The number of aromatic hydroxyl groups is 1. The van der Waals surface area contributed by atoms with E-state index in [4.69, 9.17) is 14.2 Å². The molecule has 1 fully saturated rings. The zero-order valence-corrected chi connectivity index (χ0v) is 16.4. The minimum Gasteiger partial charge on any atom is -0.504 e. The number of carbonyl (C=O) groups excluding carboxylic acids is 1. The highest BCUT2D eigenvalue weighted by atomic mass is 16.5. The van der Waals surface area contributed by atoms with Gasteiger partial charge >= 0.3 is 0 Å². The quantitative estimate of drug-likeness (QED) is 0.731. The fourth-order valence-corrected chi connectivity index (χ4v) is 3.61. The predicted molar refractivity (Wildman–Crippen MR) is 110 cm³/mol. The van der Waals surface area contributed by atoms with Gasteiger partial charge < -0.3 is 24.2 Å². The molecule has 150 valence electrons. The lowest BCUT2D eigenvalue weighted by molar-refractivity contribution is -0.0227. The molecule has 1 heterocycles. The number of phenolic OH excluding ortho intramolecular Hbond substituents is 1. The molecule has 1 atom stereocenters. The van der Waals surface area contributed by atoms with Crippen molar-refractivity contribution in [2.24, 2.45) is 0 Å². The van der Waals surface area contributed by atoms with Gasteiger partial charge in [0.15, 0.2) is 11.5 Å². The maximum absolute atomic E-state index is 12.9. The van der Waals surface area contributed by atoms with Crippen LogP contribution in [-0.2, 0) is 4.74 Å². The SMILES string of the molecule is COc1ccc2cc([C@H]3CN(C(=O)c4ccc(OC)c(O)c4)CCO3)ccc2c1. The maximum Gasteiger partial charge on any atom is 0.254 e. The van der Waals surface area contributed by atoms with Gasteiger partial charge in [-0.25, -0.2) is 0 Å². The van der Waals surface area contributed by atoms with Crippen LogP contribution in [0.4, 0.5) is 0 Å². The van der Waals surface area contributed by atoms with Gasteiger partial charge in [-0.1, -0.05) is 18.2 Å². The van der Waals surface area contributed by atoms with Crippen LogP contribution in [0.5, 0.6) is 17.2 Å². The zero-order chi connectivity index (χ0) is 20.4. The van der Waals surface area contributed by atoms with Crippen LogP contribution in [0.15, 0.2) is 54.6 Å². The minimum absolute atomic E-state index is 0.0480. The monoisotopic (exact) mass is 393 g/mol. The average molecular weight is 393 g/mol. The molecule has 0 bridgehead atoms. The third-order valence-corrected chi connectivity index (χ3v) is 5.22. The molecule has 1 aliphatic heterocycles. The highest BCUT2D eigenvalue weighted by Gasteiger charge is 2.26. The minimum atomic E-state index is -0.203. The molecule has 1 N–H and O–H groups in total. The lowest BCUT2D eigenvalue weighted by Crippen LogP contribution is -2.42. The first-order valence-corrected chi connectivity index (χ1v) is 9.44. The molecule has 0 radical (unpaired) electrons. The van der Waals surface area contributed by atoms with E-state index in [0.717, 1.165) is 22.1 Å². The van der Waals surface area contributed by atoms with E-state index in [1.807, 2.05) is 30.3 Å². The van der Waals surface area contributed by atoms with Crippen LogP contribution in [0, 0.1) is 0 Å². The third kappa shape index (κ3) is 3.84. The summed E-state index contributed by atoms with van der Waals surface area (Å²) in [4.78, 5) is 14.7. The Bertz CT molecular complexity index is 1050. The fourth-order valence-electron chi connectivity index (χ4n) is 3.61. The van der Waals surface area contributed by atoms with E-state index in [1.165, 1.54) is 13.2 Å². The van der Waals surface area contributed by atoms with E-state index >= 15 is 0 Å². The molecule has 0 unspecified atom stereocenters. The van der Waals surface area contributed by atoms with Crippen molar-refractivity contribution in [3.8, 4) is 17.2 Å². The van der Waals surface area contributed by atoms with Crippen molar-refractivity contribution in [1.82, 2.24) is 4.90 Å². The second kappa shape index (κ2) is 8.01. The van der Waals surface area contributed by atoms with Crippen LogP contribution in [0.1, 0.15) is 22.0 Å². The summed E-state index contributed by atoms with van der Waals surface area (Å²) in [7, 11) is 3.13. The van der Waals surface area contributed by atoms with Crippen molar-refractivity contribution in [1.29, 1.82) is 0 Å². The molecule has 6 nitrogen and oxygen atoms in total. The van der Waals surface area contributed by atoms with Gasteiger partial charge in [-0.05, 0) is 52.7 Å². The third-order valence-electron chi connectivity index (χ3n) is 5.22. The van der Waals surface area contributed by atoms with Crippen molar-refractivity contribution in [3.05, 3.63) is 65.7 Å². The normalized spacial score (nSPS) is 16.6. The number of methoxy groups -OCH3 is 2. The van der Waals surface area contributed by atoms with Crippen LogP contribution in [0.2, 0.25) is 0 Å². The molecule has 29 heavy (non-hydrogen) atoms. The first-order valence-electron chi connectivity index (χ1n) is 9.44. The van der Waals surface area contributed by atoms with Gasteiger partial charge in [-0.3, -0.25) is 4.79 Å². The van der Waals surface area contributed by atoms with E-state index in [1.54, 1.807) is 24.1 Å². The number of amides is 1. The van der Waals surface area contributed by atoms with Gasteiger partial charge in [-0.2, -0.15) is 0 Å². The number of hydrogen-bond acceptors (Lipinski definition) is 5. The second-order valence-corrected chi connectivity index (χ2v) is 6.97. The number of benzene rings is 3. The highest BCUT2D eigenvalue weighted by molar-refractivity contribution is 5.95. The average Bonchev–Trinajstić information content (AvgIpc) is 2.77. The Morgan fingerprint density at radius 2 is 1.83 bits per heavy atom. The van der Waals surface area contributed by atoms with Gasteiger partial charge in [0.1, 0.15) is 11.9 Å². The Morgan fingerprint density at radius 1 is 1.03 bits per heavy atom. The van der Waals surface area contributed by atoms with E-state index < -0.39 is 0 Å². The van der Waals surface area contributed by atoms with Gasteiger partial charge in [-0.15, -0.1) is 0 Å². The van der Waals surface area contributed by atoms with Gasteiger partial charge in [0.2, 0.25) is 0 Å². The molecule has 3 aromatic rings. The summed E-state index contributed by atoms with van der Waals surface area (Å²) in [5, 5.41) is 12.2. The summed E-state index contributed by atoms with van der Waals surface area (Å²) < 4.78 is 16.3. The molecule has 1 saturated heterocycles. The Hall–Kier alpha value is -3.25. The van der Waals surface area contributed by atoms with Crippen LogP contribution >= 0.6 is 0 Å². The number of phenols is 1. The first-order chi connectivity index (χ1) is 14.1. The fraction of sp³-hybridized carbons (Fsp3) is 0.261. The Labute approximate surface area is 169 Å². The van der Waals surface area contributed by atoms with Crippen molar-refractivity contribution >= 4 is 16.7 Å². The molecule has 0 aliphatic carbocycles. The standard InChI is InChI=1S/C23H23NO5/c1-27-19-7-5-15-11-17(4-3-16(15)12-19)22-14-24(9-10-29-22)23(26)18-6-8-21(28-2)20(25)13-18/h3-8,11-13,22,25H,9-10,14H2,1-2H3/t22-/m1/s1. The molecule has 3 aromatic carbocycles. The summed E-state index contributed by atoms with van der Waals surface area (Å²) in [6.45, 7) is 1.42. The summed E-state index contributed by atoms with van der Waals surface area (Å²) in [5.41, 5.74) is 1.45. The lowest BCUT2D eigenvalue weighted by Gasteiger charge is -2.33. The number of morpholine rings is 1. The number of carbonyl (C=O) groups is 1. The number of nitrogens with zero attached hydrogens (tertiary/aromatic N) is 1. The van der Waals surface area contributed by atoms with Gasteiger partial charge in [0, 0.05) is 12.1 Å². The van der Waals surface area contributed by atoms with Gasteiger partial charge in [0.05, 0.1) is 27.4 Å². The Kier molecular flexibility index (Phi) is 5.27. The summed E-state index contributed by atoms with van der Waals surface area (Å²) in [6, 6.07) is 16.8. The topological polar surface area (TPSA) is 68.2 Å². The number of ether oxygens (including phenoxy) is 3. The number of hydrogen-bond donors (Lipinski definition) is 1. The van der Waals surface area contributed by atoms with Crippen LogP contribution in [0.3, 0.4) is 0 Å². The van der Waals surface area contributed by atoms with Crippen molar-refractivity contribution < 1.29 is 24.1 Å². The molecular formula is C23H23NO5. The van der Waals surface area contributed by atoms with Gasteiger partial charge in [0.25, 0.3) is 5.91 Å². The molecular weight excluding hydrogens is 370 g/mol. The summed E-state index contributed by atoms with van der Waals surface area (Å²) in [5.74, 6) is 0.975. The molecule has 1 amide bonds.